The van der Waals surface area contributed by atoms with E-state index >= 15 is 0 Å². The SMILES string of the molecule is [C-]#[N+]c1c(-c2cccc(C)c2)c(C#N)c(-n2c3ccccc3c3ccc4c5ccccc5oc4c32)c(-c2cccc(C)c2)c1-n1c2c(ccc3c4ccccc4sc32)c2ccc3c4ccccc4sc3c21. The van der Waals surface area contributed by atoms with Crippen LogP contribution < -0.4 is 0 Å². The van der Waals surface area contributed by atoms with Crippen molar-refractivity contribution >= 4 is 134 Å². The molecule has 71 heavy (non-hydrogen) atoms. The van der Waals surface area contributed by atoms with Gasteiger partial charge < -0.3 is 13.6 Å². The molecular formula is C64H36N4OS2. The van der Waals surface area contributed by atoms with Gasteiger partial charge in [-0.3, -0.25) is 0 Å². The van der Waals surface area contributed by atoms with E-state index in [1.54, 1.807) is 22.7 Å². The quantitative estimate of drug-likeness (QED) is 0.165. The zero-order valence-corrected chi connectivity index (χ0v) is 40.0. The fourth-order valence-corrected chi connectivity index (χ4v) is 14.2. The van der Waals surface area contributed by atoms with Gasteiger partial charge in [0.2, 0.25) is 5.69 Å². The first-order valence-corrected chi connectivity index (χ1v) is 25.3. The van der Waals surface area contributed by atoms with E-state index in [-0.39, 0.29) is 0 Å². The Balaban J connectivity index is 1.28. The Bertz CT molecular complexity index is 4820. The molecule has 5 heterocycles. The zero-order valence-electron chi connectivity index (χ0n) is 38.3. The fraction of sp³-hybridized carbons (Fsp3) is 0.0312. The number of hydrogen-bond donors (Lipinski definition) is 0. The van der Waals surface area contributed by atoms with Crippen molar-refractivity contribution in [2.45, 2.75) is 13.8 Å². The van der Waals surface area contributed by atoms with Crippen LogP contribution in [0.4, 0.5) is 5.69 Å². The largest absolute Gasteiger partial charge is 0.454 e. The number of nitriles is 1. The molecule has 0 saturated carbocycles. The van der Waals surface area contributed by atoms with Crippen LogP contribution in [-0.2, 0) is 0 Å². The van der Waals surface area contributed by atoms with Gasteiger partial charge in [0.25, 0.3) is 0 Å². The van der Waals surface area contributed by atoms with Crippen LogP contribution in [0.5, 0.6) is 0 Å². The highest BCUT2D eigenvalue weighted by molar-refractivity contribution is 7.27. The predicted molar refractivity (Wildman–Crippen MR) is 299 cm³/mol. The normalized spacial score (nSPS) is 12.1. The minimum Gasteiger partial charge on any atom is -0.454 e. The molecule has 0 atom stereocenters. The molecule has 330 valence electrons. The second-order valence-corrected chi connectivity index (χ2v) is 20.7. The highest BCUT2D eigenvalue weighted by Crippen LogP contribution is 2.55. The maximum atomic E-state index is 12.2. The van der Waals surface area contributed by atoms with Gasteiger partial charge in [-0.05, 0) is 55.3 Å². The number of para-hydroxylation sites is 2. The molecule has 7 heteroatoms. The third-order valence-electron chi connectivity index (χ3n) is 14.7. The minimum atomic E-state index is 0.414. The van der Waals surface area contributed by atoms with Crippen molar-refractivity contribution < 1.29 is 4.42 Å². The summed E-state index contributed by atoms with van der Waals surface area (Å²) < 4.78 is 16.4. The van der Waals surface area contributed by atoms with E-state index < -0.39 is 0 Å². The van der Waals surface area contributed by atoms with E-state index in [1.807, 2.05) is 18.2 Å². The summed E-state index contributed by atoms with van der Waals surface area (Å²) >= 11 is 3.60. The molecule has 0 aliphatic carbocycles. The Morgan fingerprint density at radius 3 is 1.61 bits per heavy atom. The van der Waals surface area contributed by atoms with Gasteiger partial charge in [0, 0.05) is 74.4 Å². The van der Waals surface area contributed by atoms with Crippen molar-refractivity contribution in [3.8, 4) is 39.7 Å². The molecule has 0 saturated heterocycles. The predicted octanol–water partition coefficient (Wildman–Crippen LogP) is 18.9. The molecule has 15 aromatic rings. The second kappa shape index (κ2) is 14.8. The molecule has 15 rings (SSSR count). The smallest absolute Gasteiger partial charge is 0.220 e. The molecule has 5 aromatic heterocycles. The molecule has 0 unspecified atom stereocenters. The first-order valence-electron chi connectivity index (χ1n) is 23.7. The van der Waals surface area contributed by atoms with Crippen LogP contribution in [0.1, 0.15) is 16.7 Å². The highest BCUT2D eigenvalue weighted by atomic mass is 32.1. The maximum absolute atomic E-state index is 12.2. The standard InChI is InChI=1S/C64H36N4OS2/c1-35-14-12-16-37(32-35)54-49(34-65)57(67-50-22-8-4-18-39(50)43-26-29-46-40-19-5-9-23-51(40)69-62(46)58(43)67)55(38-17-13-15-36(2)33-38)61(56(54)66-3)68-59-44(27-30-47-41-20-6-10-24-52(41)70-63(47)59)45-28-31-48-42-21-7-11-25-53(42)71-64(48)60(45)68/h4-33H,1-2H3. The van der Waals surface area contributed by atoms with Gasteiger partial charge >= 0.3 is 0 Å². The van der Waals surface area contributed by atoms with Gasteiger partial charge in [0.15, 0.2) is 5.58 Å². The minimum absolute atomic E-state index is 0.414. The molecule has 0 spiro atoms. The van der Waals surface area contributed by atoms with Crippen LogP contribution in [0, 0.1) is 31.8 Å². The topological polar surface area (TPSA) is 51.1 Å². The number of fused-ring (bicyclic) bond motifs is 18. The molecule has 0 amide bonds. The van der Waals surface area contributed by atoms with Gasteiger partial charge in [-0.25, -0.2) is 4.85 Å². The number of nitrogens with zero attached hydrogens (tertiary/aromatic N) is 4. The van der Waals surface area contributed by atoms with Crippen LogP contribution in [0.2, 0.25) is 0 Å². The van der Waals surface area contributed by atoms with Crippen molar-refractivity contribution in [1.29, 1.82) is 5.26 Å². The van der Waals surface area contributed by atoms with Crippen LogP contribution in [0.25, 0.3) is 144 Å². The Kier molecular flexibility index (Phi) is 8.31. The molecular weight excluding hydrogens is 905 g/mol. The van der Waals surface area contributed by atoms with Crippen LogP contribution in [-0.4, -0.2) is 9.13 Å². The third-order valence-corrected chi connectivity index (χ3v) is 17.1. The molecule has 0 bridgehead atoms. The lowest BCUT2D eigenvalue weighted by molar-refractivity contribution is 0.671. The molecule has 0 N–H and O–H groups in total. The fourth-order valence-electron chi connectivity index (χ4n) is 11.8. The third kappa shape index (κ3) is 5.42. The lowest BCUT2D eigenvalue weighted by Gasteiger charge is -2.26. The number of hydrogen-bond acceptors (Lipinski definition) is 4. The van der Waals surface area contributed by atoms with Gasteiger partial charge in [0.05, 0.1) is 55.0 Å². The summed E-state index contributed by atoms with van der Waals surface area (Å²) in [4.78, 5) is 4.69. The lowest BCUT2D eigenvalue weighted by Crippen LogP contribution is -2.09. The highest BCUT2D eigenvalue weighted by Gasteiger charge is 2.34. The van der Waals surface area contributed by atoms with E-state index in [1.165, 1.54) is 30.9 Å². The van der Waals surface area contributed by atoms with Crippen molar-refractivity contribution in [3.63, 3.8) is 0 Å². The molecule has 0 fully saturated rings. The van der Waals surface area contributed by atoms with Crippen molar-refractivity contribution in [1.82, 2.24) is 9.13 Å². The van der Waals surface area contributed by atoms with Gasteiger partial charge in [-0.1, -0.05) is 163 Å². The van der Waals surface area contributed by atoms with Crippen molar-refractivity contribution in [3.05, 3.63) is 210 Å². The zero-order chi connectivity index (χ0) is 47.2. The first kappa shape index (κ1) is 40.0. The summed E-state index contributed by atoms with van der Waals surface area (Å²) in [5, 5.41) is 23.2. The lowest BCUT2D eigenvalue weighted by atomic mass is 9.88. The van der Waals surface area contributed by atoms with Gasteiger partial charge in [0.1, 0.15) is 11.7 Å². The first-order chi connectivity index (χ1) is 35.0. The Hall–Kier alpha value is -8.98. The average Bonchev–Trinajstić information content (AvgIpc) is 4.22. The molecule has 0 radical (unpaired) electrons. The number of furan rings is 1. The van der Waals surface area contributed by atoms with E-state index in [9.17, 15) is 11.8 Å². The average molecular weight is 941 g/mol. The van der Waals surface area contributed by atoms with Crippen molar-refractivity contribution in [2.24, 2.45) is 0 Å². The summed E-state index contributed by atoms with van der Waals surface area (Å²) in [5.74, 6) is 0. The van der Waals surface area contributed by atoms with Gasteiger partial charge in [-0.2, -0.15) is 5.26 Å². The molecule has 0 aliphatic rings. The number of rotatable bonds is 4. The molecule has 5 nitrogen and oxygen atoms in total. The molecule has 10 aromatic carbocycles. The van der Waals surface area contributed by atoms with Gasteiger partial charge in [-0.15, -0.1) is 22.7 Å². The second-order valence-electron chi connectivity index (χ2n) is 18.6. The summed E-state index contributed by atoms with van der Waals surface area (Å²) in [7, 11) is 0. The van der Waals surface area contributed by atoms with Crippen molar-refractivity contribution in [2.75, 3.05) is 0 Å². The van der Waals surface area contributed by atoms with Crippen LogP contribution >= 0.6 is 22.7 Å². The number of thiophene rings is 2. The monoisotopic (exact) mass is 940 g/mol. The Morgan fingerprint density at radius 1 is 0.479 bits per heavy atom. The summed E-state index contributed by atoms with van der Waals surface area (Å²) in [6.07, 6.45) is 0. The van der Waals surface area contributed by atoms with E-state index in [4.69, 9.17) is 9.26 Å². The maximum Gasteiger partial charge on any atom is 0.220 e. The summed E-state index contributed by atoms with van der Waals surface area (Å²) in [6, 6.07) is 67.2. The summed E-state index contributed by atoms with van der Waals surface area (Å²) in [6.45, 7) is 13.8. The number of aromatic nitrogens is 2. The van der Waals surface area contributed by atoms with E-state index in [2.05, 4.69) is 193 Å². The van der Waals surface area contributed by atoms with E-state index in [0.717, 1.165) is 108 Å². The number of aryl methyl sites for hydroxylation is 2. The van der Waals surface area contributed by atoms with Crippen LogP contribution in [0.3, 0.4) is 0 Å². The number of benzene rings is 10. The Labute approximate surface area is 414 Å². The van der Waals surface area contributed by atoms with Crippen LogP contribution in [0.15, 0.2) is 186 Å². The Morgan fingerprint density at radius 2 is 1.00 bits per heavy atom. The molecule has 0 aliphatic heterocycles. The van der Waals surface area contributed by atoms with E-state index in [0.29, 0.717) is 22.5 Å². The summed E-state index contributed by atoms with van der Waals surface area (Å²) in [5.41, 5.74) is 12.8.